The van der Waals surface area contributed by atoms with Gasteiger partial charge in [-0.1, -0.05) is 23.2 Å². The van der Waals surface area contributed by atoms with Gasteiger partial charge in [-0.2, -0.15) is 9.40 Å². The van der Waals surface area contributed by atoms with Gasteiger partial charge in [-0.25, -0.2) is 23.1 Å². The Balaban J connectivity index is 1.54. The first kappa shape index (κ1) is 21.0. The molecule has 1 aliphatic heterocycles. The average molecular weight is 467 g/mol. The van der Waals surface area contributed by atoms with Crippen molar-refractivity contribution in [2.45, 2.75) is 18.7 Å². The first-order chi connectivity index (χ1) is 14.3. The Kier molecular flexibility index (Phi) is 5.71. The summed E-state index contributed by atoms with van der Waals surface area (Å²) in [6.45, 7) is 5.21. The van der Waals surface area contributed by atoms with Crippen LogP contribution in [0.1, 0.15) is 11.4 Å². The molecule has 2 aromatic heterocycles. The monoisotopic (exact) mass is 466 g/mol. The number of hydrogen-bond donors (Lipinski definition) is 0. The number of piperazine rings is 1. The molecule has 0 radical (unpaired) electrons. The third-order valence-electron chi connectivity index (χ3n) is 4.94. The van der Waals surface area contributed by atoms with E-state index in [1.807, 2.05) is 30.2 Å². The highest BCUT2D eigenvalue weighted by molar-refractivity contribution is 7.89. The molecule has 8 nitrogen and oxygen atoms in total. The van der Waals surface area contributed by atoms with E-state index in [1.165, 1.54) is 16.4 Å². The van der Waals surface area contributed by atoms with Gasteiger partial charge in [0.25, 0.3) is 0 Å². The number of halogens is 2. The van der Waals surface area contributed by atoms with Crippen LogP contribution in [0.3, 0.4) is 0 Å². The van der Waals surface area contributed by atoms with Gasteiger partial charge in [0.1, 0.15) is 16.5 Å². The van der Waals surface area contributed by atoms with Crippen molar-refractivity contribution < 1.29 is 8.42 Å². The molecule has 1 fully saturated rings. The third kappa shape index (κ3) is 4.02. The molecule has 1 aromatic carbocycles. The molecule has 0 atom stereocenters. The van der Waals surface area contributed by atoms with Crippen molar-refractivity contribution in [3.63, 3.8) is 0 Å². The summed E-state index contributed by atoms with van der Waals surface area (Å²) in [5, 5.41) is 4.78. The molecule has 158 valence electrons. The molecule has 0 unspecified atom stereocenters. The number of hydrogen-bond acceptors (Lipinski definition) is 6. The maximum absolute atomic E-state index is 13.1. The molecule has 11 heteroatoms. The second-order valence-electron chi connectivity index (χ2n) is 7.01. The van der Waals surface area contributed by atoms with E-state index in [9.17, 15) is 8.42 Å². The molecular formula is C19H20Cl2N6O2S. The first-order valence-electron chi connectivity index (χ1n) is 9.32. The second-order valence-corrected chi connectivity index (χ2v) is 9.73. The van der Waals surface area contributed by atoms with E-state index >= 15 is 0 Å². The van der Waals surface area contributed by atoms with Crippen LogP contribution >= 0.6 is 23.2 Å². The summed E-state index contributed by atoms with van der Waals surface area (Å²) in [5.41, 5.74) is 0.667. The molecule has 4 rings (SSSR count). The lowest BCUT2D eigenvalue weighted by Gasteiger charge is -2.35. The Morgan fingerprint density at radius 3 is 2.30 bits per heavy atom. The summed E-state index contributed by atoms with van der Waals surface area (Å²) >= 11 is 12.2. The van der Waals surface area contributed by atoms with E-state index in [-0.39, 0.29) is 9.92 Å². The predicted molar refractivity (Wildman–Crippen MR) is 116 cm³/mol. The molecule has 0 N–H and O–H groups in total. The number of aromatic nitrogens is 4. The summed E-state index contributed by atoms with van der Waals surface area (Å²) in [4.78, 5) is 11.1. The van der Waals surface area contributed by atoms with Gasteiger partial charge in [-0.15, -0.1) is 0 Å². The number of rotatable bonds is 4. The quantitative estimate of drug-likeness (QED) is 0.587. The fraction of sp³-hybridized carbons (Fsp3) is 0.316. The zero-order valence-electron chi connectivity index (χ0n) is 16.5. The van der Waals surface area contributed by atoms with Gasteiger partial charge < -0.3 is 4.90 Å². The Morgan fingerprint density at radius 2 is 1.63 bits per heavy atom. The van der Waals surface area contributed by atoms with Crippen molar-refractivity contribution in [1.29, 1.82) is 0 Å². The second kappa shape index (κ2) is 8.14. The summed E-state index contributed by atoms with van der Waals surface area (Å²) in [6.07, 6.45) is 3.50. The summed E-state index contributed by atoms with van der Waals surface area (Å²) in [6, 6.07) is 6.67. The molecule has 3 aromatic rings. The van der Waals surface area contributed by atoms with E-state index in [1.54, 1.807) is 17.8 Å². The Hall–Kier alpha value is -2.20. The number of anilines is 1. The van der Waals surface area contributed by atoms with Crippen molar-refractivity contribution in [1.82, 2.24) is 24.1 Å². The van der Waals surface area contributed by atoms with Crippen LogP contribution in [-0.2, 0) is 10.0 Å². The van der Waals surface area contributed by atoms with Gasteiger partial charge in [-0.05, 0) is 37.6 Å². The van der Waals surface area contributed by atoms with Crippen LogP contribution in [0.4, 0.5) is 5.82 Å². The molecular weight excluding hydrogens is 447 g/mol. The SMILES string of the molecule is Cc1nc(N2CCN(S(=O)(=O)c3cc(C)c(Cl)cc3Cl)CC2)cc(-n2cccn2)n1. The molecule has 1 saturated heterocycles. The van der Waals surface area contributed by atoms with Crippen LogP contribution in [-0.4, -0.2) is 58.7 Å². The van der Waals surface area contributed by atoms with E-state index in [2.05, 4.69) is 15.1 Å². The van der Waals surface area contributed by atoms with Crippen LogP contribution in [0, 0.1) is 13.8 Å². The van der Waals surface area contributed by atoms with Gasteiger partial charge in [0.05, 0.1) is 5.02 Å². The van der Waals surface area contributed by atoms with E-state index in [0.717, 1.165) is 5.82 Å². The average Bonchev–Trinajstić information content (AvgIpc) is 3.25. The molecule has 0 aliphatic carbocycles. The molecule has 0 bridgehead atoms. The maximum Gasteiger partial charge on any atom is 0.244 e. The lowest BCUT2D eigenvalue weighted by Crippen LogP contribution is -2.49. The molecule has 0 amide bonds. The minimum Gasteiger partial charge on any atom is -0.354 e. The number of benzene rings is 1. The minimum absolute atomic E-state index is 0.0818. The van der Waals surface area contributed by atoms with Gasteiger partial charge in [0.15, 0.2) is 5.82 Å². The van der Waals surface area contributed by atoms with E-state index < -0.39 is 10.0 Å². The van der Waals surface area contributed by atoms with Crippen LogP contribution in [0.5, 0.6) is 0 Å². The number of nitrogens with zero attached hydrogens (tertiary/aromatic N) is 6. The standard InChI is InChI=1S/C19H20Cl2N6O2S/c1-13-10-17(16(21)11-15(13)20)30(28,29)26-8-6-25(7-9-26)18-12-19(24-14(2)23-18)27-5-3-4-22-27/h3-5,10-12H,6-9H2,1-2H3. The van der Waals surface area contributed by atoms with E-state index in [0.29, 0.717) is 48.4 Å². The lowest BCUT2D eigenvalue weighted by atomic mass is 10.2. The number of aryl methyl sites for hydroxylation is 2. The lowest BCUT2D eigenvalue weighted by molar-refractivity contribution is 0.383. The predicted octanol–water partition coefficient (Wildman–Crippen LogP) is 3.10. The molecule has 3 heterocycles. The van der Waals surface area contributed by atoms with Gasteiger partial charge in [0, 0.05) is 49.7 Å². The normalized spacial score (nSPS) is 15.5. The fourth-order valence-corrected chi connectivity index (χ4v) is 5.57. The minimum atomic E-state index is -3.72. The van der Waals surface area contributed by atoms with Gasteiger partial charge in [-0.3, -0.25) is 0 Å². The Bertz CT molecular complexity index is 1180. The van der Waals surface area contributed by atoms with Crippen molar-refractivity contribution >= 4 is 39.0 Å². The first-order valence-corrected chi connectivity index (χ1v) is 11.5. The zero-order chi connectivity index (χ0) is 21.5. The van der Waals surface area contributed by atoms with Gasteiger partial charge >= 0.3 is 0 Å². The third-order valence-corrected chi connectivity index (χ3v) is 7.71. The van der Waals surface area contributed by atoms with Crippen LogP contribution in [0.2, 0.25) is 10.0 Å². The Labute approximate surface area is 185 Å². The number of sulfonamides is 1. The van der Waals surface area contributed by atoms with Crippen molar-refractivity contribution in [2.75, 3.05) is 31.1 Å². The summed E-state index contributed by atoms with van der Waals surface area (Å²) < 4.78 is 29.4. The summed E-state index contributed by atoms with van der Waals surface area (Å²) in [5.74, 6) is 2.03. The van der Waals surface area contributed by atoms with Crippen LogP contribution in [0.15, 0.2) is 41.6 Å². The largest absolute Gasteiger partial charge is 0.354 e. The van der Waals surface area contributed by atoms with E-state index in [4.69, 9.17) is 23.2 Å². The van der Waals surface area contributed by atoms with Crippen LogP contribution in [0.25, 0.3) is 5.82 Å². The van der Waals surface area contributed by atoms with Crippen LogP contribution < -0.4 is 4.90 Å². The van der Waals surface area contributed by atoms with Crippen molar-refractivity contribution in [3.05, 3.63) is 58.1 Å². The summed E-state index contributed by atoms with van der Waals surface area (Å²) in [7, 11) is -3.72. The highest BCUT2D eigenvalue weighted by Gasteiger charge is 2.31. The molecule has 0 saturated carbocycles. The highest BCUT2D eigenvalue weighted by atomic mass is 35.5. The Morgan fingerprint density at radius 1 is 0.933 bits per heavy atom. The smallest absolute Gasteiger partial charge is 0.244 e. The fourth-order valence-electron chi connectivity index (χ4n) is 3.35. The zero-order valence-corrected chi connectivity index (χ0v) is 18.8. The van der Waals surface area contributed by atoms with Crippen molar-refractivity contribution in [2.24, 2.45) is 0 Å². The molecule has 30 heavy (non-hydrogen) atoms. The maximum atomic E-state index is 13.1. The topological polar surface area (TPSA) is 84.2 Å². The molecule has 0 spiro atoms. The molecule has 1 aliphatic rings. The highest BCUT2D eigenvalue weighted by Crippen LogP contribution is 2.31. The van der Waals surface area contributed by atoms with Crippen molar-refractivity contribution in [3.8, 4) is 5.82 Å². The van der Waals surface area contributed by atoms with Gasteiger partial charge in [0.2, 0.25) is 10.0 Å².